The van der Waals surface area contributed by atoms with E-state index in [1.54, 1.807) is 0 Å². The molecule has 9 heteroatoms. The van der Waals surface area contributed by atoms with Gasteiger partial charge in [0.1, 0.15) is 11.6 Å². The monoisotopic (exact) mass is 427 g/mol. The number of aryl methyl sites for hydroxylation is 1. The summed E-state index contributed by atoms with van der Waals surface area (Å²) in [5.74, 6) is 6.64. The average molecular weight is 428 g/mol. The summed E-state index contributed by atoms with van der Waals surface area (Å²) in [5, 5.41) is 12.5. The van der Waals surface area contributed by atoms with Gasteiger partial charge in [-0.15, -0.1) is 35.0 Å². The second-order valence-electron chi connectivity index (χ2n) is 8.36. The summed E-state index contributed by atoms with van der Waals surface area (Å²) < 4.78 is 4.33. The molecule has 3 atom stereocenters. The molecule has 3 fully saturated rings. The molecule has 2 aromatic heterocycles. The molecule has 1 aliphatic carbocycles. The Morgan fingerprint density at radius 1 is 1.11 bits per heavy atom. The highest BCUT2D eigenvalue weighted by molar-refractivity contribution is 5.85. The Kier molecular flexibility index (Phi) is 6.69. The second kappa shape index (κ2) is 8.69. The molecule has 2 saturated heterocycles. The fourth-order valence-electron chi connectivity index (χ4n) is 5.08. The lowest BCUT2D eigenvalue weighted by atomic mass is 9.95. The molecule has 2 aromatic rings. The SMILES string of the molecule is Cc1nccn1Cc1nnc(C2CCN(CC3[C@H]4CNC[C@@H]34)CC2)n1C.Cl.Cl. The molecule has 156 valence electrons. The van der Waals surface area contributed by atoms with E-state index in [2.05, 4.69) is 41.6 Å². The van der Waals surface area contributed by atoms with Crippen molar-refractivity contribution in [3.05, 3.63) is 29.9 Å². The predicted octanol–water partition coefficient (Wildman–Crippen LogP) is 1.86. The van der Waals surface area contributed by atoms with E-state index >= 15 is 0 Å². The first-order valence-electron chi connectivity index (χ1n) is 9.99. The van der Waals surface area contributed by atoms with E-state index in [9.17, 15) is 0 Å². The van der Waals surface area contributed by atoms with Crippen LogP contribution in [0.15, 0.2) is 12.4 Å². The lowest BCUT2D eigenvalue weighted by molar-refractivity contribution is 0.193. The largest absolute Gasteiger partial charge is 0.328 e. The molecular weight excluding hydrogens is 397 g/mol. The van der Waals surface area contributed by atoms with Crippen LogP contribution >= 0.6 is 24.8 Å². The van der Waals surface area contributed by atoms with Gasteiger partial charge in [-0.25, -0.2) is 4.98 Å². The molecule has 1 saturated carbocycles. The summed E-state index contributed by atoms with van der Waals surface area (Å²) in [6.45, 7) is 9.00. The standard InChI is InChI=1S/C19H29N7.2ClH/c1-13-21-5-8-26(13)12-18-22-23-19(24(18)2)14-3-6-25(7-4-14)11-17-15-9-20-10-16(15)17;;/h5,8,14-17,20H,3-4,6-7,9-12H2,1-2H3;2*1H/t15-,16+,17?;;. The predicted molar refractivity (Wildman–Crippen MR) is 113 cm³/mol. The maximum absolute atomic E-state index is 4.55. The highest BCUT2D eigenvalue weighted by Crippen LogP contribution is 2.49. The van der Waals surface area contributed by atoms with Gasteiger partial charge >= 0.3 is 0 Å². The minimum Gasteiger partial charge on any atom is -0.328 e. The van der Waals surface area contributed by atoms with Crippen LogP contribution in [0.3, 0.4) is 0 Å². The zero-order valence-corrected chi connectivity index (χ0v) is 18.3. The molecule has 4 heterocycles. The van der Waals surface area contributed by atoms with Crippen molar-refractivity contribution >= 4 is 24.8 Å². The molecule has 1 unspecified atom stereocenters. The van der Waals surface area contributed by atoms with Crippen molar-refractivity contribution in [3.63, 3.8) is 0 Å². The summed E-state index contributed by atoms with van der Waals surface area (Å²) in [6, 6.07) is 0. The third kappa shape index (κ3) is 3.95. The van der Waals surface area contributed by atoms with E-state index < -0.39 is 0 Å². The van der Waals surface area contributed by atoms with Crippen LogP contribution in [0.25, 0.3) is 0 Å². The Hall–Kier alpha value is -1.15. The van der Waals surface area contributed by atoms with Crippen LogP contribution < -0.4 is 5.32 Å². The molecule has 0 spiro atoms. The van der Waals surface area contributed by atoms with Gasteiger partial charge in [0, 0.05) is 31.9 Å². The van der Waals surface area contributed by atoms with Crippen LogP contribution in [0.2, 0.25) is 0 Å². The maximum atomic E-state index is 4.55. The first-order valence-corrected chi connectivity index (χ1v) is 9.99. The van der Waals surface area contributed by atoms with E-state index in [1.807, 2.05) is 19.3 Å². The second-order valence-corrected chi connectivity index (χ2v) is 8.36. The Morgan fingerprint density at radius 2 is 1.82 bits per heavy atom. The first-order chi connectivity index (χ1) is 12.7. The molecule has 5 rings (SSSR count). The molecule has 0 amide bonds. The van der Waals surface area contributed by atoms with Gasteiger partial charge in [-0.3, -0.25) is 0 Å². The lowest BCUT2D eigenvalue weighted by Crippen LogP contribution is -2.36. The van der Waals surface area contributed by atoms with E-state index in [4.69, 9.17) is 0 Å². The molecule has 1 N–H and O–H groups in total. The van der Waals surface area contributed by atoms with Crippen LogP contribution in [0, 0.1) is 24.7 Å². The molecule has 0 aromatic carbocycles. The van der Waals surface area contributed by atoms with Crippen molar-refractivity contribution in [2.45, 2.75) is 32.2 Å². The Labute approximate surface area is 179 Å². The number of hydrogen-bond acceptors (Lipinski definition) is 5. The fourth-order valence-corrected chi connectivity index (χ4v) is 5.08. The highest BCUT2D eigenvalue weighted by Gasteiger charge is 2.52. The molecule has 2 aliphatic heterocycles. The minimum atomic E-state index is 0. The third-order valence-corrected chi connectivity index (χ3v) is 6.92. The number of rotatable bonds is 5. The van der Waals surface area contributed by atoms with Crippen molar-refractivity contribution in [2.75, 3.05) is 32.7 Å². The van der Waals surface area contributed by atoms with Crippen molar-refractivity contribution in [1.82, 2.24) is 34.5 Å². The fraction of sp³-hybridized carbons (Fsp3) is 0.737. The van der Waals surface area contributed by atoms with Gasteiger partial charge in [-0.2, -0.15) is 0 Å². The summed E-state index contributed by atoms with van der Waals surface area (Å²) in [6.07, 6.45) is 6.25. The number of piperidine rings is 2. The lowest BCUT2D eigenvalue weighted by Gasteiger charge is -2.32. The Bertz CT molecular complexity index is 771. The number of imidazole rings is 1. The number of fused-ring (bicyclic) bond motifs is 1. The highest BCUT2D eigenvalue weighted by atomic mass is 35.5. The smallest absolute Gasteiger partial charge is 0.152 e. The topological polar surface area (TPSA) is 63.8 Å². The van der Waals surface area contributed by atoms with Crippen molar-refractivity contribution in [3.8, 4) is 0 Å². The Morgan fingerprint density at radius 3 is 2.46 bits per heavy atom. The molecule has 0 radical (unpaired) electrons. The molecule has 0 bridgehead atoms. The van der Waals surface area contributed by atoms with Crippen LogP contribution in [0.5, 0.6) is 0 Å². The van der Waals surface area contributed by atoms with Crippen molar-refractivity contribution in [1.29, 1.82) is 0 Å². The maximum Gasteiger partial charge on any atom is 0.152 e. The van der Waals surface area contributed by atoms with Gasteiger partial charge in [0.05, 0.1) is 6.54 Å². The number of hydrogen-bond donors (Lipinski definition) is 1. The first kappa shape index (κ1) is 21.6. The van der Waals surface area contributed by atoms with Gasteiger partial charge in [-0.05, 0) is 63.7 Å². The summed E-state index contributed by atoms with van der Waals surface area (Å²) >= 11 is 0. The number of aromatic nitrogens is 5. The summed E-state index contributed by atoms with van der Waals surface area (Å²) in [7, 11) is 2.11. The van der Waals surface area contributed by atoms with E-state index in [-0.39, 0.29) is 24.8 Å². The molecule has 7 nitrogen and oxygen atoms in total. The van der Waals surface area contributed by atoms with E-state index in [0.29, 0.717) is 5.92 Å². The van der Waals surface area contributed by atoms with Crippen molar-refractivity contribution in [2.24, 2.45) is 24.8 Å². The van der Waals surface area contributed by atoms with E-state index in [1.165, 1.54) is 45.6 Å². The normalized spacial score (nSPS) is 27.1. The minimum absolute atomic E-state index is 0. The summed E-state index contributed by atoms with van der Waals surface area (Å²) in [5.41, 5.74) is 0. The molecular formula is C19H31Cl2N7. The van der Waals surface area contributed by atoms with Gasteiger partial charge in [0.2, 0.25) is 0 Å². The van der Waals surface area contributed by atoms with Crippen LogP contribution in [0.4, 0.5) is 0 Å². The number of halogens is 2. The quantitative estimate of drug-likeness (QED) is 0.788. The van der Waals surface area contributed by atoms with Gasteiger partial charge < -0.3 is 19.4 Å². The third-order valence-electron chi connectivity index (χ3n) is 6.92. The van der Waals surface area contributed by atoms with Gasteiger partial charge in [-0.1, -0.05) is 0 Å². The van der Waals surface area contributed by atoms with Crippen LogP contribution in [0.1, 0.15) is 36.2 Å². The Balaban J connectivity index is 0.00000112. The van der Waals surface area contributed by atoms with E-state index in [0.717, 1.165) is 41.8 Å². The molecule has 3 aliphatic rings. The molecule has 28 heavy (non-hydrogen) atoms. The number of likely N-dealkylation sites (tertiary alicyclic amines) is 1. The van der Waals surface area contributed by atoms with Gasteiger partial charge in [0.25, 0.3) is 0 Å². The van der Waals surface area contributed by atoms with Crippen molar-refractivity contribution < 1.29 is 0 Å². The van der Waals surface area contributed by atoms with Crippen LogP contribution in [-0.2, 0) is 13.6 Å². The summed E-state index contributed by atoms with van der Waals surface area (Å²) in [4.78, 5) is 6.98. The zero-order valence-electron chi connectivity index (χ0n) is 16.6. The zero-order chi connectivity index (χ0) is 17.7. The number of nitrogens with zero attached hydrogens (tertiary/aromatic N) is 6. The van der Waals surface area contributed by atoms with Gasteiger partial charge in [0.15, 0.2) is 5.82 Å². The average Bonchev–Trinajstić information content (AvgIpc) is 3.08. The van der Waals surface area contributed by atoms with Crippen LogP contribution in [-0.4, -0.2) is 61.9 Å². The number of nitrogens with one attached hydrogen (secondary N) is 1.